The Morgan fingerprint density at radius 2 is 2.05 bits per heavy atom. The zero-order valence-electron chi connectivity index (χ0n) is 19.1. The van der Waals surface area contributed by atoms with Gasteiger partial charge in [-0.15, -0.1) is 16.9 Å². The summed E-state index contributed by atoms with van der Waals surface area (Å²) in [6, 6.07) is 7.35. The second-order valence-electron chi connectivity index (χ2n) is 8.05. The van der Waals surface area contributed by atoms with Crippen LogP contribution in [0.15, 0.2) is 51.9 Å². The van der Waals surface area contributed by atoms with Crippen LogP contribution >= 0.6 is 23.5 Å². The highest BCUT2D eigenvalue weighted by Crippen LogP contribution is 2.42. The number of carboxylic acids is 2. The van der Waals surface area contributed by atoms with Gasteiger partial charge in [0.2, 0.25) is 11.1 Å². The lowest BCUT2D eigenvalue weighted by molar-refractivity contribution is -0.151. The Morgan fingerprint density at radius 3 is 2.70 bits per heavy atom. The van der Waals surface area contributed by atoms with Crippen LogP contribution in [0.1, 0.15) is 12.5 Å². The lowest BCUT2D eigenvalue weighted by Gasteiger charge is -2.50. The Bertz CT molecular complexity index is 1340. The lowest BCUT2D eigenvalue weighted by Crippen LogP contribution is -2.71. The molecule has 3 N–H and O–H groups in total. The third kappa shape index (κ3) is 4.96. The number of amides is 2. The van der Waals surface area contributed by atoms with Gasteiger partial charge in [-0.1, -0.05) is 47.2 Å². The maximum absolute atomic E-state index is 13.2. The number of fused-ring (bicyclic) bond motifs is 1. The monoisotopic (exact) mass is 545 g/mol. The molecule has 37 heavy (non-hydrogen) atoms. The van der Waals surface area contributed by atoms with E-state index in [1.165, 1.54) is 18.7 Å². The van der Waals surface area contributed by atoms with Crippen molar-refractivity contribution in [1.29, 1.82) is 0 Å². The van der Waals surface area contributed by atoms with E-state index in [9.17, 15) is 24.3 Å². The van der Waals surface area contributed by atoms with E-state index in [4.69, 9.17) is 10.6 Å². The summed E-state index contributed by atoms with van der Waals surface area (Å²) in [5.74, 6) is -3.42. The number of aliphatic carboxylic acids is 2. The average molecular weight is 546 g/mol. The molecule has 192 valence electrons. The largest absolute Gasteiger partial charge is 0.480 e. The zero-order chi connectivity index (χ0) is 26.7. The van der Waals surface area contributed by atoms with E-state index in [-0.39, 0.29) is 22.4 Å². The fourth-order valence-electron chi connectivity index (χ4n) is 3.84. The number of β-lactam (4-membered cyclic amide) rings is 1. The number of aromatic nitrogens is 4. The molecule has 2 amide bonds. The summed E-state index contributed by atoms with van der Waals surface area (Å²) in [5.41, 5.74) is 8.07. The molecule has 2 unspecified atom stereocenters. The molecule has 1 aromatic heterocycles. The van der Waals surface area contributed by atoms with Gasteiger partial charge >= 0.3 is 11.9 Å². The number of thioether (sulfide) groups is 2. The molecule has 1 aromatic carbocycles. The normalized spacial score (nSPS) is 20.2. The highest BCUT2D eigenvalue weighted by molar-refractivity contribution is 8.01. The molecular weight excluding hydrogens is 526 g/mol. The van der Waals surface area contributed by atoms with Crippen LogP contribution in [0.2, 0.25) is 0 Å². The maximum Gasteiger partial charge on any atom is 0.352 e. The number of rotatable bonds is 10. The van der Waals surface area contributed by atoms with Gasteiger partial charge in [0.25, 0.3) is 5.91 Å². The van der Waals surface area contributed by atoms with E-state index < -0.39 is 47.3 Å². The van der Waals surface area contributed by atoms with E-state index in [0.717, 1.165) is 21.3 Å². The van der Waals surface area contributed by atoms with Gasteiger partial charge in [-0.2, -0.15) is 0 Å². The number of hydrogen-bond acceptors (Lipinski definition) is 10. The predicted octanol–water partition coefficient (Wildman–Crippen LogP) is 0.814. The quantitative estimate of drug-likeness (QED) is 0.125. The Hall–Kier alpha value is -4.08. The predicted molar refractivity (Wildman–Crippen MR) is 129 cm³/mol. The number of nitrogens with one attached hydrogen (secondary N) is 1. The van der Waals surface area contributed by atoms with Crippen molar-refractivity contribution in [3.8, 4) is 0 Å². The number of tetrazole rings is 1. The highest BCUT2D eigenvalue weighted by Gasteiger charge is 2.55. The molecule has 0 radical (unpaired) electrons. The molecular formula is C20H19N9O6S2. The van der Waals surface area contributed by atoms with E-state index >= 15 is 0 Å². The van der Waals surface area contributed by atoms with Crippen molar-refractivity contribution in [2.45, 2.75) is 35.6 Å². The number of hydrogen-bond donors (Lipinski definition) is 3. The molecule has 15 nitrogen and oxygen atoms in total. The van der Waals surface area contributed by atoms with Crippen LogP contribution in [-0.2, 0) is 31.3 Å². The molecule has 3 atom stereocenters. The van der Waals surface area contributed by atoms with Crippen molar-refractivity contribution in [1.82, 2.24) is 30.4 Å². The summed E-state index contributed by atoms with van der Waals surface area (Å²) in [5, 5.41) is 35.4. The number of nitrogens with zero attached hydrogens (tertiary/aromatic N) is 8. The second kappa shape index (κ2) is 10.5. The number of benzene rings is 1. The van der Waals surface area contributed by atoms with E-state index in [1.807, 2.05) is 0 Å². The maximum atomic E-state index is 13.2. The second-order valence-corrected chi connectivity index (χ2v) is 10.1. The fourth-order valence-corrected chi connectivity index (χ4v) is 6.20. The molecule has 2 aliphatic rings. The minimum absolute atomic E-state index is 0.102. The first-order chi connectivity index (χ1) is 17.7. The first kappa shape index (κ1) is 26.0. The molecule has 2 aromatic rings. The van der Waals surface area contributed by atoms with Crippen molar-refractivity contribution in [3.05, 3.63) is 57.6 Å². The zero-order valence-corrected chi connectivity index (χ0v) is 20.7. The topological polar surface area (TPSA) is 216 Å². The number of carboxylic acid groups (broad SMARTS) is 2. The van der Waals surface area contributed by atoms with Crippen LogP contribution < -0.4 is 5.32 Å². The number of carbonyl (C=O) groups excluding carboxylic acids is 2. The molecule has 0 spiro atoms. The van der Waals surface area contributed by atoms with Crippen molar-refractivity contribution in [2.75, 3.05) is 11.5 Å². The van der Waals surface area contributed by atoms with Crippen LogP contribution in [0.25, 0.3) is 10.4 Å². The van der Waals surface area contributed by atoms with E-state index in [2.05, 4.69) is 30.9 Å². The molecule has 17 heteroatoms. The van der Waals surface area contributed by atoms with Crippen molar-refractivity contribution < 1.29 is 29.4 Å². The van der Waals surface area contributed by atoms with E-state index in [1.54, 1.807) is 30.3 Å². The average Bonchev–Trinajstić information content (AvgIpc) is 3.31. The van der Waals surface area contributed by atoms with Gasteiger partial charge in [0.05, 0.1) is 0 Å². The molecule has 3 heterocycles. The minimum Gasteiger partial charge on any atom is -0.480 e. The van der Waals surface area contributed by atoms with Crippen LogP contribution in [0.4, 0.5) is 0 Å². The highest BCUT2D eigenvalue weighted by atomic mass is 32.2. The van der Waals surface area contributed by atoms with Gasteiger partial charge in [0, 0.05) is 16.4 Å². The Balaban J connectivity index is 1.51. The van der Waals surface area contributed by atoms with Gasteiger partial charge < -0.3 is 15.5 Å². The van der Waals surface area contributed by atoms with Crippen molar-refractivity contribution in [3.63, 3.8) is 0 Å². The minimum atomic E-state index is -1.62. The van der Waals surface area contributed by atoms with Crippen LogP contribution in [-0.4, -0.2) is 82.0 Å². The molecule has 1 saturated heterocycles. The molecule has 4 rings (SSSR count). The molecule has 0 bridgehead atoms. The third-order valence-electron chi connectivity index (χ3n) is 5.72. The first-order valence-electron chi connectivity index (χ1n) is 10.6. The summed E-state index contributed by atoms with van der Waals surface area (Å²) in [4.78, 5) is 53.1. The molecule has 0 aliphatic carbocycles. The molecule has 2 aliphatic heterocycles. The Kier molecular flexibility index (Phi) is 7.37. The molecule has 0 saturated carbocycles. The lowest BCUT2D eigenvalue weighted by atomic mass is 9.91. The van der Waals surface area contributed by atoms with Gasteiger partial charge in [0.1, 0.15) is 29.2 Å². The molecule has 1 fully saturated rings. The Morgan fingerprint density at radius 1 is 1.32 bits per heavy atom. The van der Waals surface area contributed by atoms with Crippen molar-refractivity contribution >= 4 is 47.3 Å². The van der Waals surface area contributed by atoms with Crippen LogP contribution in [0, 0.1) is 0 Å². The Labute approximate surface area is 216 Å². The summed E-state index contributed by atoms with van der Waals surface area (Å²) in [6.45, 7) is 0.975. The SMILES string of the molecule is CC(N=[N+]=[N-])(C(=O)NC1C(=O)N2C(C(=O)O)=C(CSc3nnnn3CC(=O)O)CS[C@H]12)c1ccccc1. The van der Waals surface area contributed by atoms with Crippen molar-refractivity contribution in [2.24, 2.45) is 5.11 Å². The summed E-state index contributed by atoms with van der Waals surface area (Å²) < 4.78 is 1.07. The van der Waals surface area contributed by atoms with Gasteiger partial charge in [-0.05, 0) is 34.0 Å². The van der Waals surface area contributed by atoms with Gasteiger partial charge in [-0.3, -0.25) is 19.3 Å². The van der Waals surface area contributed by atoms with E-state index in [0.29, 0.717) is 11.1 Å². The smallest absolute Gasteiger partial charge is 0.352 e. The number of azide groups is 1. The third-order valence-corrected chi connectivity index (χ3v) is 8.10. The standard InChI is InChI=1S/C20H19N9O6S2/c1-20(24-25-21,11-5-3-2-4-6-11)18(35)22-13-15(32)29-14(17(33)34)10(8-36-16(13)29)9-37-19-23-26-27-28(19)7-12(30)31/h2-6,13,16H,7-9H2,1H3,(H,22,35)(H,30,31)(H,33,34)/t13?,16-,20?/m1/s1. The fraction of sp³-hybridized carbons (Fsp3) is 0.350. The first-order valence-corrected chi connectivity index (χ1v) is 12.6. The summed E-state index contributed by atoms with van der Waals surface area (Å²) in [6.07, 6.45) is 0. The summed E-state index contributed by atoms with van der Waals surface area (Å²) >= 11 is 2.31. The van der Waals surface area contributed by atoms with Crippen LogP contribution in [0.5, 0.6) is 0 Å². The van der Waals surface area contributed by atoms with Gasteiger partial charge in [-0.25, -0.2) is 9.48 Å². The van der Waals surface area contributed by atoms with Crippen LogP contribution in [0.3, 0.4) is 0 Å². The van der Waals surface area contributed by atoms with Gasteiger partial charge in [0.15, 0.2) is 0 Å². The number of carbonyl (C=O) groups is 4. The summed E-state index contributed by atoms with van der Waals surface area (Å²) in [7, 11) is 0.